The summed E-state index contributed by atoms with van der Waals surface area (Å²) in [6, 6.07) is 10.6. The van der Waals surface area contributed by atoms with Crippen molar-refractivity contribution in [1.82, 2.24) is 4.98 Å². The topological polar surface area (TPSA) is 112 Å². The highest BCUT2D eigenvalue weighted by Crippen LogP contribution is 2.23. The third-order valence-corrected chi connectivity index (χ3v) is 4.94. The zero-order valence-electron chi connectivity index (χ0n) is 15.5. The van der Waals surface area contributed by atoms with Gasteiger partial charge in [-0.25, -0.2) is 0 Å². The molecule has 148 valence electrons. The molecule has 0 radical (unpaired) electrons. The Morgan fingerprint density at radius 2 is 1.72 bits per heavy atom. The number of H-pyrrole nitrogens is 1. The first-order valence-corrected chi connectivity index (χ1v) is 9.15. The van der Waals surface area contributed by atoms with Gasteiger partial charge >= 0.3 is 0 Å². The van der Waals surface area contributed by atoms with Crippen LogP contribution in [0, 0.1) is 10.1 Å². The first kappa shape index (κ1) is 20.0. The molecule has 0 atom stereocenters. The quantitative estimate of drug-likeness (QED) is 0.376. The lowest BCUT2D eigenvalue weighted by Crippen LogP contribution is -2.20. The fraction of sp³-hybridized carbons (Fsp3) is 0.100. The molecule has 0 aliphatic carbocycles. The van der Waals surface area contributed by atoms with Crippen LogP contribution in [0.5, 0.6) is 11.5 Å². The molecule has 3 rings (SSSR count). The van der Waals surface area contributed by atoms with Gasteiger partial charge in [-0.3, -0.25) is 19.7 Å². The fourth-order valence-electron chi connectivity index (χ4n) is 2.52. The van der Waals surface area contributed by atoms with Crippen LogP contribution >= 0.6 is 11.3 Å². The van der Waals surface area contributed by atoms with Crippen LogP contribution in [0.2, 0.25) is 0 Å². The average molecular weight is 412 g/mol. The largest absolute Gasteiger partial charge is 0.497 e. The van der Waals surface area contributed by atoms with Gasteiger partial charge in [0.2, 0.25) is 0 Å². The van der Waals surface area contributed by atoms with Gasteiger partial charge in [0.15, 0.2) is 5.78 Å². The third kappa shape index (κ3) is 4.77. The first-order valence-electron chi connectivity index (χ1n) is 8.34. The minimum atomic E-state index is -0.492. The lowest BCUT2D eigenvalue weighted by Gasteiger charge is -2.06. The Hall–Kier alpha value is -3.72. The minimum absolute atomic E-state index is 0.0319. The number of non-ortho nitro benzene ring substituents is 1. The number of rotatable bonds is 6. The van der Waals surface area contributed by atoms with E-state index >= 15 is 0 Å². The molecule has 0 aliphatic heterocycles. The molecule has 1 N–H and O–H groups in total. The Morgan fingerprint density at radius 1 is 1.10 bits per heavy atom. The molecule has 3 aromatic rings. The number of thiazole rings is 1. The molecule has 0 amide bonds. The van der Waals surface area contributed by atoms with Gasteiger partial charge in [-0.1, -0.05) is 0 Å². The number of carbonyl (C=O) groups is 1. The summed E-state index contributed by atoms with van der Waals surface area (Å²) in [5.74, 6) is 0.641. The highest BCUT2D eigenvalue weighted by molar-refractivity contribution is 7.07. The van der Waals surface area contributed by atoms with Crippen LogP contribution in [0.25, 0.3) is 12.2 Å². The number of hydrogen-bond donors (Lipinski definition) is 1. The highest BCUT2D eigenvalue weighted by Gasteiger charge is 2.09. The molecule has 0 saturated carbocycles. The van der Waals surface area contributed by atoms with E-state index in [9.17, 15) is 19.7 Å². The summed E-state index contributed by atoms with van der Waals surface area (Å²) in [7, 11) is 2.98. The third-order valence-electron chi connectivity index (χ3n) is 3.98. The molecule has 1 aromatic heterocycles. The van der Waals surface area contributed by atoms with Gasteiger partial charge in [-0.15, -0.1) is 11.3 Å². The number of methoxy groups -OCH3 is 2. The van der Waals surface area contributed by atoms with Gasteiger partial charge in [-0.2, -0.15) is 0 Å². The molecule has 0 unspecified atom stereocenters. The molecule has 0 aliphatic rings. The Labute approximate surface area is 168 Å². The van der Waals surface area contributed by atoms with Crippen molar-refractivity contribution < 1.29 is 19.2 Å². The van der Waals surface area contributed by atoms with E-state index in [0.717, 1.165) is 11.3 Å². The van der Waals surface area contributed by atoms with Crippen LogP contribution in [0.4, 0.5) is 5.69 Å². The van der Waals surface area contributed by atoms with Gasteiger partial charge in [0.25, 0.3) is 11.2 Å². The fourth-order valence-corrected chi connectivity index (χ4v) is 3.41. The standard InChI is InChI=1S/C20H16N2O6S/c1-27-15-8-13(9-16(10-15)28-2)17(23)11-19-21-20(24)18(29-19)7-12-3-5-14(6-4-12)22(25)26/h3-11H,1-2H3,(H,21,24)/b18-7+,19-11+. The van der Waals surface area contributed by atoms with E-state index in [-0.39, 0.29) is 17.0 Å². The maximum Gasteiger partial charge on any atom is 0.269 e. The van der Waals surface area contributed by atoms with E-state index in [4.69, 9.17) is 9.47 Å². The van der Waals surface area contributed by atoms with Gasteiger partial charge in [-0.05, 0) is 35.9 Å². The smallest absolute Gasteiger partial charge is 0.269 e. The number of nitro groups is 1. The number of carbonyl (C=O) groups excluding carboxylic acids is 1. The van der Waals surface area contributed by atoms with Gasteiger partial charge in [0, 0.05) is 29.8 Å². The second kappa shape index (κ2) is 8.53. The summed E-state index contributed by atoms with van der Waals surface area (Å²) in [5, 5.41) is 10.7. The van der Waals surface area contributed by atoms with Crippen molar-refractivity contribution in [1.29, 1.82) is 0 Å². The molecule has 0 bridgehead atoms. The Bertz CT molecular complexity index is 1220. The molecule has 2 aromatic carbocycles. The molecule has 29 heavy (non-hydrogen) atoms. The number of nitrogens with zero attached hydrogens (tertiary/aromatic N) is 1. The van der Waals surface area contributed by atoms with Crippen molar-refractivity contribution in [2.45, 2.75) is 0 Å². The molecule has 9 heteroatoms. The van der Waals surface area contributed by atoms with Gasteiger partial charge in [0.1, 0.15) is 11.5 Å². The number of aromatic amines is 1. The number of ether oxygens (including phenoxy) is 2. The molecule has 0 saturated heterocycles. The second-order valence-corrected chi connectivity index (χ2v) is 6.97. The second-order valence-electron chi connectivity index (χ2n) is 5.89. The van der Waals surface area contributed by atoms with Crippen molar-refractivity contribution in [3.8, 4) is 11.5 Å². The lowest BCUT2D eigenvalue weighted by atomic mass is 10.1. The predicted molar refractivity (Wildman–Crippen MR) is 109 cm³/mol. The van der Waals surface area contributed by atoms with E-state index in [1.807, 2.05) is 0 Å². The number of ketones is 1. The maximum absolute atomic E-state index is 12.6. The van der Waals surface area contributed by atoms with Crippen molar-refractivity contribution in [2.75, 3.05) is 14.2 Å². The van der Waals surface area contributed by atoms with E-state index in [0.29, 0.717) is 31.8 Å². The zero-order chi connectivity index (χ0) is 21.0. The summed E-state index contributed by atoms with van der Waals surface area (Å²) >= 11 is 1.11. The van der Waals surface area contributed by atoms with Crippen LogP contribution in [-0.2, 0) is 0 Å². The van der Waals surface area contributed by atoms with E-state index in [1.165, 1.54) is 32.4 Å². The lowest BCUT2D eigenvalue weighted by molar-refractivity contribution is -0.384. The number of aromatic nitrogens is 1. The zero-order valence-corrected chi connectivity index (χ0v) is 16.3. The Morgan fingerprint density at radius 3 is 2.28 bits per heavy atom. The SMILES string of the molecule is COc1cc(OC)cc(C(=O)/C=c2\[nH]c(=O)/c(=C\c3ccc([N+](=O)[O-])cc3)s2)c1. The monoisotopic (exact) mass is 412 g/mol. The summed E-state index contributed by atoms with van der Waals surface area (Å²) in [4.78, 5) is 37.6. The Balaban J connectivity index is 1.95. The molecule has 0 fully saturated rings. The van der Waals surface area contributed by atoms with E-state index < -0.39 is 4.92 Å². The number of benzene rings is 2. The minimum Gasteiger partial charge on any atom is -0.497 e. The molecule has 0 spiro atoms. The predicted octanol–water partition coefficient (Wildman–Crippen LogP) is 1.85. The van der Waals surface area contributed by atoms with Gasteiger partial charge in [0.05, 0.1) is 28.3 Å². The van der Waals surface area contributed by atoms with E-state index in [1.54, 1.807) is 36.4 Å². The summed E-state index contributed by atoms with van der Waals surface area (Å²) in [5.41, 5.74) is 0.612. The number of nitro benzene ring substituents is 1. The number of nitrogens with one attached hydrogen (secondary N) is 1. The van der Waals surface area contributed by atoms with Gasteiger partial charge < -0.3 is 14.5 Å². The molecular weight excluding hydrogens is 396 g/mol. The number of hydrogen-bond acceptors (Lipinski definition) is 7. The van der Waals surface area contributed by atoms with E-state index in [2.05, 4.69) is 4.98 Å². The van der Waals surface area contributed by atoms with Crippen LogP contribution in [0.15, 0.2) is 47.3 Å². The maximum atomic E-state index is 12.6. The summed E-state index contributed by atoms with van der Waals surface area (Å²) < 4.78 is 11.1. The normalized spacial score (nSPS) is 12.1. The van der Waals surface area contributed by atoms with Crippen LogP contribution in [0.1, 0.15) is 15.9 Å². The Kier molecular flexibility index (Phi) is 5.89. The first-order chi connectivity index (χ1) is 13.9. The molecule has 1 heterocycles. The average Bonchev–Trinajstić information content (AvgIpc) is 3.06. The van der Waals surface area contributed by atoms with Crippen molar-refractivity contribution in [3.05, 3.63) is 83.3 Å². The van der Waals surface area contributed by atoms with Crippen molar-refractivity contribution in [3.63, 3.8) is 0 Å². The number of Topliss-reactive ketones (excluding diaryl/α,β-unsaturated/α-hetero) is 1. The molecular formula is C20H16N2O6S. The van der Waals surface area contributed by atoms with Crippen LogP contribution in [0.3, 0.4) is 0 Å². The highest BCUT2D eigenvalue weighted by atomic mass is 32.1. The van der Waals surface area contributed by atoms with Crippen LogP contribution in [-0.4, -0.2) is 29.9 Å². The van der Waals surface area contributed by atoms with Crippen molar-refractivity contribution in [2.24, 2.45) is 0 Å². The summed E-state index contributed by atoms with van der Waals surface area (Å²) in [6.45, 7) is 0. The van der Waals surface area contributed by atoms with Crippen molar-refractivity contribution >= 4 is 35.0 Å². The molecule has 8 nitrogen and oxygen atoms in total. The van der Waals surface area contributed by atoms with Crippen LogP contribution < -0.4 is 24.2 Å². The summed E-state index contributed by atoms with van der Waals surface area (Å²) in [6.07, 6.45) is 2.93.